The maximum absolute atomic E-state index is 13.5. The number of hydrogen-bond donors (Lipinski definition) is 0. The lowest BCUT2D eigenvalue weighted by Gasteiger charge is -2.32. The maximum Gasteiger partial charge on any atom is 0.410 e. The quantitative estimate of drug-likeness (QED) is 0.659. The van der Waals surface area contributed by atoms with Gasteiger partial charge in [0.05, 0.1) is 36.8 Å². The highest BCUT2D eigenvalue weighted by Crippen LogP contribution is 2.50. The molecule has 4 rings (SSSR count). The number of carbonyl (C=O) groups excluding carboxylic acids is 3. The lowest BCUT2D eigenvalue weighted by Crippen LogP contribution is -2.42. The van der Waals surface area contributed by atoms with Gasteiger partial charge in [-0.25, -0.2) is 14.6 Å². The normalized spacial score (nSPS) is 16.6. The van der Waals surface area contributed by atoms with Gasteiger partial charge in [-0.05, 0) is 51.3 Å². The molecule has 2 heterocycles. The summed E-state index contributed by atoms with van der Waals surface area (Å²) in [7, 11) is 3.13. The third-order valence-electron chi connectivity index (χ3n) is 6.27. The Kier molecular flexibility index (Phi) is 5.67. The first kappa shape index (κ1) is 22.8. The van der Waals surface area contributed by atoms with Crippen LogP contribution >= 0.6 is 0 Å². The van der Waals surface area contributed by atoms with E-state index in [0.717, 1.165) is 18.4 Å². The van der Waals surface area contributed by atoms with Gasteiger partial charge in [0.25, 0.3) is 5.91 Å². The Labute approximate surface area is 193 Å². The zero-order valence-corrected chi connectivity index (χ0v) is 19.8. The summed E-state index contributed by atoms with van der Waals surface area (Å²) in [5.41, 5.74) is 1.48. The van der Waals surface area contributed by atoms with E-state index in [4.69, 9.17) is 9.47 Å². The molecule has 33 heavy (non-hydrogen) atoms. The summed E-state index contributed by atoms with van der Waals surface area (Å²) >= 11 is 0. The molecule has 0 unspecified atom stereocenters. The number of carbonyl (C=O) groups is 3. The largest absolute Gasteiger partial charge is 0.465 e. The Morgan fingerprint density at radius 2 is 1.76 bits per heavy atom. The molecule has 0 saturated heterocycles. The average Bonchev–Trinajstić information content (AvgIpc) is 3.49. The van der Waals surface area contributed by atoms with Gasteiger partial charge in [-0.1, -0.05) is 12.1 Å². The second-order valence-corrected chi connectivity index (χ2v) is 9.60. The van der Waals surface area contributed by atoms with Gasteiger partial charge < -0.3 is 23.8 Å². The van der Waals surface area contributed by atoms with E-state index in [0.29, 0.717) is 30.0 Å². The van der Waals surface area contributed by atoms with E-state index >= 15 is 0 Å². The third-order valence-corrected chi connectivity index (χ3v) is 6.27. The number of imidazole rings is 1. The van der Waals surface area contributed by atoms with Crippen LogP contribution in [0.1, 0.15) is 65.7 Å². The fraction of sp³-hybridized carbons (Fsp3) is 0.500. The summed E-state index contributed by atoms with van der Waals surface area (Å²) in [4.78, 5) is 45.5. The molecule has 1 fully saturated rings. The van der Waals surface area contributed by atoms with Crippen molar-refractivity contribution in [3.8, 4) is 0 Å². The fourth-order valence-electron chi connectivity index (χ4n) is 4.24. The number of hydrogen-bond acceptors (Lipinski definition) is 6. The predicted molar refractivity (Wildman–Crippen MR) is 120 cm³/mol. The third kappa shape index (κ3) is 4.31. The van der Waals surface area contributed by atoms with Crippen molar-refractivity contribution < 1.29 is 23.9 Å². The van der Waals surface area contributed by atoms with Gasteiger partial charge in [0.2, 0.25) is 0 Å². The summed E-state index contributed by atoms with van der Waals surface area (Å²) in [6, 6.07) is 7.18. The standard InChI is InChI=1S/C24H30N4O5/c1-23(2,3)33-22(31)27-12-13-28-15-25-19(18(28)14-27)20(29)26(4)24(10-11-24)17-8-6-16(7-9-17)21(30)32-5/h6-9,15H,10-14H2,1-5H3. The zero-order chi connectivity index (χ0) is 24.0. The van der Waals surface area contributed by atoms with Crippen LogP contribution in [-0.2, 0) is 28.1 Å². The zero-order valence-electron chi connectivity index (χ0n) is 19.8. The molecule has 0 N–H and O–H groups in total. The molecule has 2 amide bonds. The van der Waals surface area contributed by atoms with Crippen molar-refractivity contribution in [2.45, 2.75) is 57.8 Å². The summed E-state index contributed by atoms with van der Waals surface area (Å²) in [6.07, 6.45) is 2.92. The fourth-order valence-corrected chi connectivity index (χ4v) is 4.24. The number of fused-ring (bicyclic) bond motifs is 1. The molecular weight excluding hydrogens is 424 g/mol. The number of amides is 2. The molecule has 1 aliphatic heterocycles. The minimum atomic E-state index is -0.588. The van der Waals surface area contributed by atoms with E-state index in [1.54, 1.807) is 35.3 Å². The van der Waals surface area contributed by atoms with Crippen molar-refractivity contribution in [2.24, 2.45) is 0 Å². The number of methoxy groups -OCH3 is 1. The molecule has 0 spiro atoms. The van der Waals surface area contributed by atoms with E-state index in [9.17, 15) is 14.4 Å². The molecule has 1 aliphatic carbocycles. The van der Waals surface area contributed by atoms with E-state index in [1.807, 2.05) is 37.5 Å². The Bertz CT molecular complexity index is 1080. The van der Waals surface area contributed by atoms with E-state index in [1.165, 1.54) is 7.11 Å². The van der Waals surface area contributed by atoms with Gasteiger partial charge in [-0.2, -0.15) is 0 Å². The van der Waals surface area contributed by atoms with Crippen LogP contribution < -0.4 is 0 Å². The molecule has 1 saturated carbocycles. The summed E-state index contributed by atoms with van der Waals surface area (Å²) in [5, 5.41) is 0. The molecule has 0 bridgehead atoms. The smallest absolute Gasteiger partial charge is 0.410 e. The first-order valence-corrected chi connectivity index (χ1v) is 11.0. The van der Waals surface area contributed by atoms with Crippen LogP contribution in [0.5, 0.6) is 0 Å². The van der Waals surface area contributed by atoms with Crippen molar-refractivity contribution in [2.75, 3.05) is 20.7 Å². The van der Waals surface area contributed by atoms with Crippen molar-refractivity contribution >= 4 is 18.0 Å². The summed E-state index contributed by atoms with van der Waals surface area (Å²) in [5.74, 6) is -0.584. The molecule has 9 nitrogen and oxygen atoms in total. The molecule has 0 atom stereocenters. The molecule has 1 aromatic heterocycles. The topological polar surface area (TPSA) is 94.0 Å². The van der Waals surface area contributed by atoms with Gasteiger partial charge in [-0.15, -0.1) is 0 Å². The lowest BCUT2D eigenvalue weighted by molar-refractivity contribution is 0.0196. The van der Waals surface area contributed by atoms with Crippen molar-refractivity contribution in [3.05, 3.63) is 53.1 Å². The average molecular weight is 455 g/mol. The minimum Gasteiger partial charge on any atom is -0.465 e. The van der Waals surface area contributed by atoms with Crippen LogP contribution in [0.3, 0.4) is 0 Å². The molecule has 9 heteroatoms. The number of rotatable bonds is 4. The van der Waals surface area contributed by atoms with Gasteiger partial charge in [0.1, 0.15) is 5.60 Å². The van der Waals surface area contributed by atoms with Gasteiger partial charge in [0, 0.05) is 20.1 Å². The van der Waals surface area contributed by atoms with Crippen LogP contribution in [-0.4, -0.2) is 63.6 Å². The highest BCUT2D eigenvalue weighted by Gasteiger charge is 2.50. The SMILES string of the molecule is COC(=O)c1ccc(C2(N(C)C(=O)c3ncn4c3CN(C(=O)OC(C)(C)C)CC4)CC2)cc1. The van der Waals surface area contributed by atoms with Gasteiger partial charge in [-0.3, -0.25) is 4.79 Å². The molecular formula is C24H30N4O5. The number of esters is 1. The van der Waals surface area contributed by atoms with Gasteiger partial charge >= 0.3 is 12.1 Å². The first-order valence-electron chi connectivity index (χ1n) is 11.0. The predicted octanol–water partition coefficient (Wildman–Crippen LogP) is 3.18. The molecule has 176 valence electrons. The molecule has 2 aromatic rings. The van der Waals surface area contributed by atoms with Crippen molar-refractivity contribution in [1.82, 2.24) is 19.4 Å². The van der Waals surface area contributed by atoms with Crippen LogP contribution in [0, 0.1) is 0 Å². The van der Waals surface area contributed by atoms with E-state index in [2.05, 4.69) is 4.98 Å². The summed E-state index contributed by atoms with van der Waals surface area (Å²) < 4.78 is 12.2. The molecule has 0 radical (unpaired) electrons. The Hall–Kier alpha value is -3.36. The highest BCUT2D eigenvalue weighted by molar-refractivity contribution is 5.94. The molecule has 1 aromatic carbocycles. The number of benzene rings is 1. The Morgan fingerprint density at radius 1 is 1.09 bits per heavy atom. The number of ether oxygens (including phenoxy) is 2. The number of aromatic nitrogens is 2. The van der Waals surface area contributed by atoms with Crippen LogP contribution in [0.25, 0.3) is 0 Å². The Balaban J connectivity index is 1.53. The second kappa shape index (κ2) is 8.20. The van der Waals surface area contributed by atoms with E-state index in [-0.39, 0.29) is 12.5 Å². The van der Waals surface area contributed by atoms with Crippen molar-refractivity contribution in [3.63, 3.8) is 0 Å². The maximum atomic E-state index is 13.5. The minimum absolute atomic E-state index is 0.190. The van der Waals surface area contributed by atoms with Crippen LogP contribution in [0.15, 0.2) is 30.6 Å². The Morgan fingerprint density at radius 3 is 2.33 bits per heavy atom. The van der Waals surface area contributed by atoms with Crippen molar-refractivity contribution in [1.29, 1.82) is 0 Å². The lowest BCUT2D eigenvalue weighted by atomic mass is 10.0. The second-order valence-electron chi connectivity index (χ2n) is 9.60. The first-order chi connectivity index (χ1) is 15.6. The monoisotopic (exact) mass is 454 g/mol. The summed E-state index contributed by atoms with van der Waals surface area (Å²) in [6.45, 7) is 6.81. The van der Waals surface area contributed by atoms with E-state index < -0.39 is 23.2 Å². The van der Waals surface area contributed by atoms with Crippen LogP contribution in [0.4, 0.5) is 4.79 Å². The molecule has 2 aliphatic rings. The van der Waals surface area contributed by atoms with Crippen LogP contribution in [0.2, 0.25) is 0 Å². The van der Waals surface area contributed by atoms with Gasteiger partial charge in [0.15, 0.2) is 5.69 Å². The number of nitrogens with zero attached hydrogens (tertiary/aromatic N) is 4. The highest BCUT2D eigenvalue weighted by atomic mass is 16.6.